The third kappa shape index (κ3) is 3.72. The molecule has 3 heteroatoms. The number of hydrogen-bond donors (Lipinski definition) is 2. The Balaban J connectivity index is 2.57. The number of rotatable bonds is 4. The zero-order valence-electron chi connectivity index (χ0n) is 9.29. The first-order valence-corrected chi connectivity index (χ1v) is 5.26. The highest BCUT2D eigenvalue weighted by molar-refractivity contribution is 5.94. The lowest BCUT2D eigenvalue weighted by molar-refractivity contribution is 0.0936. The molecule has 1 amide bonds. The molecule has 0 aliphatic carbocycles. The Kier molecular flexibility index (Phi) is 4.31. The molecule has 0 saturated heterocycles. The van der Waals surface area contributed by atoms with Gasteiger partial charge in [-0.1, -0.05) is 31.0 Å². The Morgan fingerprint density at radius 1 is 1.40 bits per heavy atom. The second-order valence-electron chi connectivity index (χ2n) is 3.73. The zero-order valence-corrected chi connectivity index (χ0v) is 9.29. The van der Waals surface area contributed by atoms with Gasteiger partial charge in [0.25, 0.3) is 5.91 Å². The summed E-state index contributed by atoms with van der Waals surface area (Å²) in [6, 6.07) is 7.45. The van der Waals surface area contributed by atoms with E-state index in [2.05, 4.69) is 5.32 Å². The maximum atomic E-state index is 11.7. The van der Waals surface area contributed by atoms with Gasteiger partial charge in [0, 0.05) is 5.56 Å². The average Bonchev–Trinajstić information content (AvgIpc) is 2.18. The van der Waals surface area contributed by atoms with Gasteiger partial charge in [0.15, 0.2) is 0 Å². The quantitative estimate of drug-likeness (QED) is 0.738. The van der Waals surface area contributed by atoms with Gasteiger partial charge in [0.1, 0.15) is 0 Å². The van der Waals surface area contributed by atoms with Crippen LogP contribution >= 0.6 is 0 Å². The fraction of sp³-hybridized carbons (Fsp3) is 0.417. The molecule has 3 nitrogen and oxygen atoms in total. The Morgan fingerprint density at radius 3 is 2.53 bits per heavy atom. The smallest absolute Gasteiger partial charge is 0.252 e. The van der Waals surface area contributed by atoms with Crippen molar-refractivity contribution in [2.45, 2.75) is 32.9 Å². The van der Waals surface area contributed by atoms with E-state index in [0.717, 1.165) is 18.4 Å². The summed E-state index contributed by atoms with van der Waals surface area (Å²) in [7, 11) is 0. The van der Waals surface area contributed by atoms with Crippen molar-refractivity contribution in [2.75, 3.05) is 0 Å². The van der Waals surface area contributed by atoms with E-state index in [1.54, 1.807) is 0 Å². The normalized spacial score (nSPS) is 12.2. The Hall–Kier alpha value is -1.35. The Morgan fingerprint density at radius 2 is 2.00 bits per heavy atom. The van der Waals surface area contributed by atoms with Gasteiger partial charge in [-0.15, -0.1) is 0 Å². The maximum absolute atomic E-state index is 11.7. The van der Waals surface area contributed by atoms with Crippen LogP contribution in [0.15, 0.2) is 24.3 Å². The molecule has 0 aliphatic rings. The van der Waals surface area contributed by atoms with Crippen molar-refractivity contribution in [3.63, 3.8) is 0 Å². The molecule has 3 N–H and O–H groups in total. The van der Waals surface area contributed by atoms with Crippen molar-refractivity contribution >= 4 is 5.91 Å². The molecule has 0 bridgehead atoms. The highest BCUT2D eigenvalue weighted by atomic mass is 16.1. The van der Waals surface area contributed by atoms with E-state index in [1.165, 1.54) is 0 Å². The summed E-state index contributed by atoms with van der Waals surface area (Å²) >= 11 is 0. The maximum Gasteiger partial charge on any atom is 0.252 e. The molecule has 82 valence electrons. The number of carbonyl (C=O) groups excluding carboxylic acids is 1. The summed E-state index contributed by atoms with van der Waals surface area (Å²) in [6.45, 7) is 4.03. The first-order chi connectivity index (χ1) is 7.13. The SMILES string of the molecule is CCCC(N)NC(=O)c1ccc(C)cc1. The van der Waals surface area contributed by atoms with E-state index in [1.807, 2.05) is 38.1 Å². The van der Waals surface area contributed by atoms with Gasteiger partial charge in [-0.3, -0.25) is 4.79 Å². The van der Waals surface area contributed by atoms with Crippen LogP contribution in [0, 0.1) is 6.92 Å². The molecule has 0 aliphatic heterocycles. The number of aryl methyl sites for hydroxylation is 1. The largest absolute Gasteiger partial charge is 0.337 e. The van der Waals surface area contributed by atoms with Crippen LogP contribution in [0.2, 0.25) is 0 Å². The van der Waals surface area contributed by atoms with Crippen molar-refractivity contribution < 1.29 is 4.79 Å². The Bertz CT molecular complexity index is 319. The monoisotopic (exact) mass is 206 g/mol. The van der Waals surface area contributed by atoms with E-state index in [9.17, 15) is 4.79 Å². The second-order valence-corrected chi connectivity index (χ2v) is 3.73. The summed E-state index contributed by atoms with van der Waals surface area (Å²) in [6.07, 6.45) is 1.52. The molecule has 1 atom stereocenters. The molecule has 0 aromatic heterocycles. The standard InChI is InChI=1S/C12H18N2O/c1-3-4-11(13)14-12(15)10-7-5-9(2)6-8-10/h5-8,11H,3-4,13H2,1-2H3,(H,14,15). The van der Waals surface area contributed by atoms with Crippen molar-refractivity contribution in [2.24, 2.45) is 5.73 Å². The van der Waals surface area contributed by atoms with Crippen LogP contribution in [-0.4, -0.2) is 12.1 Å². The predicted molar refractivity (Wildman–Crippen MR) is 61.5 cm³/mol. The third-order valence-electron chi connectivity index (χ3n) is 2.23. The lowest BCUT2D eigenvalue weighted by atomic mass is 10.1. The van der Waals surface area contributed by atoms with Crippen LogP contribution in [0.4, 0.5) is 0 Å². The van der Waals surface area contributed by atoms with Crippen LogP contribution in [0.25, 0.3) is 0 Å². The van der Waals surface area contributed by atoms with E-state index in [0.29, 0.717) is 5.56 Å². The molecular weight excluding hydrogens is 188 g/mol. The first kappa shape index (κ1) is 11.7. The lowest BCUT2D eigenvalue weighted by Gasteiger charge is -2.12. The van der Waals surface area contributed by atoms with Crippen LogP contribution < -0.4 is 11.1 Å². The van der Waals surface area contributed by atoms with Gasteiger partial charge in [0.2, 0.25) is 0 Å². The van der Waals surface area contributed by atoms with E-state index in [4.69, 9.17) is 5.73 Å². The number of carbonyl (C=O) groups is 1. The van der Waals surface area contributed by atoms with E-state index < -0.39 is 0 Å². The highest BCUT2D eigenvalue weighted by Gasteiger charge is 2.08. The molecule has 15 heavy (non-hydrogen) atoms. The minimum absolute atomic E-state index is 0.101. The van der Waals surface area contributed by atoms with Crippen molar-refractivity contribution in [3.05, 3.63) is 35.4 Å². The van der Waals surface area contributed by atoms with Crippen LogP contribution in [0.5, 0.6) is 0 Å². The highest BCUT2D eigenvalue weighted by Crippen LogP contribution is 2.03. The summed E-state index contributed by atoms with van der Waals surface area (Å²) in [5, 5.41) is 2.76. The molecule has 0 saturated carbocycles. The number of hydrogen-bond acceptors (Lipinski definition) is 2. The summed E-state index contributed by atoms with van der Waals surface area (Å²) in [5.74, 6) is -0.101. The molecule has 0 heterocycles. The van der Waals surface area contributed by atoms with Crippen molar-refractivity contribution in [1.29, 1.82) is 0 Å². The van der Waals surface area contributed by atoms with Crippen molar-refractivity contribution in [1.82, 2.24) is 5.32 Å². The van der Waals surface area contributed by atoms with Crippen LogP contribution in [0.1, 0.15) is 35.7 Å². The third-order valence-corrected chi connectivity index (χ3v) is 2.23. The molecule has 0 radical (unpaired) electrons. The lowest BCUT2D eigenvalue weighted by Crippen LogP contribution is -2.41. The predicted octanol–water partition coefficient (Wildman–Crippen LogP) is 1.81. The minimum Gasteiger partial charge on any atom is -0.337 e. The second kappa shape index (κ2) is 5.51. The summed E-state index contributed by atoms with van der Waals surface area (Å²) < 4.78 is 0. The van der Waals surface area contributed by atoms with E-state index >= 15 is 0 Å². The topological polar surface area (TPSA) is 55.1 Å². The molecule has 1 unspecified atom stereocenters. The van der Waals surface area contributed by atoms with Gasteiger partial charge >= 0.3 is 0 Å². The number of nitrogens with one attached hydrogen (secondary N) is 1. The molecule has 1 aromatic rings. The zero-order chi connectivity index (χ0) is 11.3. The minimum atomic E-state index is -0.246. The summed E-state index contributed by atoms with van der Waals surface area (Å²) in [4.78, 5) is 11.7. The number of amides is 1. The fourth-order valence-corrected chi connectivity index (χ4v) is 1.34. The van der Waals surface area contributed by atoms with Crippen LogP contribution in [-0.2, 0) is 0 Å². The van der Waals surface area contributed by atoms with E-state index in [-0.39, 0.29) is 12.1 Å². The molecule has 1 rings (SSSR count). The van der Waals surface area contributed by atoms with Crippen molar-refractivity contribution in [3.8, 4) is 0 Å². The van der Waals surface area contributed by atoms with Crippen LogP contribution in [0.3, 0.4) is 0 Å². The van der Waals surface area contributed by atoms with Gasteiger partial charge in [-0.05, 0) is 25.5 Å². The first-order valence-electron chi connectivity index (χ1n) is 5.26. The van der Waals surface area contributed by atoms with Gasteiger partial charge < -0.3 is 11.1 Å². The van der Waals surface area contributed by atoms with Gasteiger partial charge in [-0.2, -0.15) is 0 Å². The Labute approximate surface area is 90.7 Å². The average molecular weight is 206 g/mol. The van der Waals surface area contributed by atoms with Gasteiger partial charge in [-0.25, -0.2) is 0 Å². The number of nitrogens with two attached hydrogens (primary N) is 1. The summed E-state index contributed by atoms with van der Waals surface area (Å²) in [5.41, 5.74) is 7.52. The molecule has 0 spiro atoms. The molecule has 0 fully saturated rings. The number of benzene rings is 1. The van der Waals surface area contributed by atoms with Gasteiger partial charge in [0.05, 0.1) is 6.17 Å². The fourth-order valence-electron chi connectivity index (χ4n) is 1.34. The molecule has 1 aromatic carbocycles. The molecular formula is C12H18N2O.